The van der Waals surface area contributed by atoms with Gasteiger partial charge in [-0.1, -0.05) is 25.1 Å². The van der Waals surface area contributed by atoms with Crippen molar-refractivity contribution >= 4 is 5.97 Å². The molecule has 0 aliphatic carbocycles. The van der Waals surface area contributed by atoms with E-state index in [9.17, 15) is 4.79 Å². The van der Waals surface area contributed by atoms with E-state index >= 15 is 0 Å². The third-order valence-corrected chi connectivity index (χ3v) is 4.08. The van der Waals surface area contributed by atoms with Gasteiger partial charge < -0.3 is 18.9 Å². The molecule has 0 radical (unpaired) electrons. The lowest BCUT2D eigenvalue weighted by atomic mass is 10.0. The Morgan fingerprint density at radius 2 is 2.08 bits per heavy atom. The minimum absolute atomic E-state index is 0.0457. The van der Waals surface area contributed by atoms with Gasteiger partial charge in [-0.3, -0.25) is 0 Å². The van der Waals surface area contributed by atoms with E-state index in [1.165, 1.54) is 0 Å². The van der Waals surface area contributed by atoms with Crippen molar-refractivity contribution in [2.24, 2.45) is 5.92 Å². The Bertz CT molecular complexity index is 551. The third-order valence-electron chi connectivity index (χ3n) is 4.08. The number of carbonyl (C=O) groups is 1. The molecule has 1 fully saturated rings. The molecule has 130 valence electrons. The molecular weight excluding hydrogens is 308 g/mol. The van der Waals surface area contributed by atoms with Crippen molar-refractivity contribution in [2.45, 2.75) is 38.3 Å². The number of rotatable bonds is 8. The average Bonchev–Trinajstić information content (AvgIpc) is 2.92. The number of methoxy groups -OCH3 is 1. The molecule has 2 rings (SSSR count). The van der Waals surface area contributed by atoms with E-state index in [-0.39, 0.29) is 30.7 Å². The van der Waals surface area contributed by atoms with Crippen LogP contribution in [0, 0.1) is 18.3 Å². The van der Waals surface area contributed by atoms with E-state index in [2.05, 4.69) is 5.92 Å². The third kappa shape index (κ3) is 4.81. The molecule has 0 spiro atoms. The molecule has 24 heavy (non-hydrogen) atoms. The molecular formula is C19H24O5. The van der Waals surface area contributed by atoms with Crippen molar-refractivity contribution in [1.82, 2.24) is 0 Å². The first-order valence-corrected chi connectivity index (χ1v) is 8.13. The van der Waals surface area contributed by atoms with E-state index in [4.69, 9.17) is 25.4 Å². The molecule has 1 saturated heterocycles. The van der Waals surface area contributed by atoms with E-state index in [1.807, 2.05) is 13.0 Å². The number of ether oxygens (including phenoxy) is 4. The molecule has 1 aromatic rings. The van der Waals surface area contributed by atoms with Gasteiger partial charge in [-0.15, -0.1) is 12.3 Å². The largest absolute Gasteiger partial charge is 0.459 e. The van der Waals surface area contributed by atoms with Gasteiger partial charge in [-0.25, -0.2) is 4.79 Å². The summed E-state index contributed by atoms with van der Waals surface area (Å²) in [6.07, 6.45) is 5.78. The fourth-order valence-electron chi connectivity index (χ4n) is 2.65. The number of esters is 1. The molecule has 0 bridgehead atoms. The van der Waals surface area contributed by atoms with Crippen LogP contribution in [0.15, 0.2) is 30.3 Å². The van der Waals surface area contributed by atoms with E-state index in [1.54, 1.807) is 31.4 Å². The van der Waals surface area contributed by atoms with Crippen LogP contribution in [0.1, 0.15) is 30.1 Å². The Kier molecular flexibility index (Phi) is 7.26. The second-order valence-corrected chi connectivity index (χ2v) is 5.75. The second-order valence-electron chi connectivity index (χ2n) is 5.75. The molecule has 4 atom stereocenters. The lowest BCUT2D eigenvalue weighted by Gasteiger charge is -2.20. The number of benzene rings is 1. The van der Waals surface area contributed by atoms with Crippen molar-refractivity contribution in [3.63, 3.8) is 0 Å². The molecule has 5 nitrogen and oxygen atoms in total. The summed E-state index contributed by atoms with van der Waals surface area (Å²) >= 11 is 0. The lowest BCUT2D eigenvalue weighted by Crippen LogP contribution is -2.31. The van der Waals surface area contributed by atoms with Gasteiger partial charge in [0.15, 0.2) is 6.29 Å². The predicted molar refractivity (Wildman–Crippen MR) is 89.4 cm³/mol. The summed E-state index contributed by atoms with van der Waals surface area (Å²) in [5, 5.41) is 0. The number of hydrogen-bond donors (Lipinski definition) is 0. The summed E-state index contributed by atoms with van der Waals surface area (Å²) in [5.74, 6) is 2.27. The zero-order valence-electron chi connectivity index (χ0n) is 14.1. The van der Waals surface area contributed by atoms with Crippen molar-refractivity contribution in [2.75, 3.05) is 20.3 Å². The van der Waals surface area contributed by atoms with Crippen LogP contribution in [0.2, 0.25) is 0 Å². The SMILES string of the molecule is C#CCCCO[C@H]1[C@H](OC)O[C@H](COC(=O)c2ccccc2)[C@H]1C. The molecule has 1 aliphatic heterocycles. The monoisotopic (exact) mass is 332 g/mol. The highest BCUT2D eigenvalue weighted by Gasteiger charge is 2.43. The van der Waals surface area contributed by atoms with Crippen molar-refractivity contribution < 1.29 is 23.7 Å². The normalized spacial score (nSPS) is 26.0. The zero-order chi connectivity index (χ0) is 17.4. The Balaban J connectivity index is 1.85. The second kappa shape index (κ2) is 9.43. The smallest absolute Gasteiger partial charge is 0.338 e. The first kappa shape index (κ1) is 18.5. The lowest BCUT2D eigenvalue weighted by molar-refractivity contribution is -0.165. The maximum atomic E-state index is 12.0. The van der Waals surface area contributed by atoms with Gasteiger partial charge >= 0.3 is 5.97 Å². The van der Waals surface area contributed by atoms with Crippen molar-refractivity contribution in [3.05, 3.63) is 35.9 Å². The minimum Gasteiger partial charge on any atom is -0.459 e. The Labute approximate surface area is 143 Å². The zero-order valence-corrected chi connectivity index (χ0v) is 14.1. The highest BCUT2D eigenvalue weighted by molar-refractivity contribution is 5.89. The summed E-state index contributed by atoms with van der Waals surface area (Å²) in [7, 11) is 1.58. The Morgan fingerprint density at radius 1 is 1.33 bits per heavy atom. The molecule has 1 aromatic carbocycles. The predicted octanol–water partition coefficient (Wildman–Crippen LogP) is 2.65. The Morgan fingerprint density at radius 3 is 2.75 bits per heavy atom. The standard InChI is InChI=1S/C19H24O5/c1-4-5-9-12-22-17-14(2)16(24-19(17)21-3)13-23-18(20)15-10-7-6-8-11-15/h1,6-8,10-11,14,16-17,19H,5,9,12-13H2,2-3H3/t14-,16-,17-,19-/m1/s1. The van der Waals surface area contributed by atoms with Crippen LogP contribution in [0.3, 0.4) is 0 Å². The van der Waals surface area contributed by atoms with E-state index in [0.717, 1.165) is 6.42 Å². The molecule has 1 aliphatic rings. The number of hydrogen-bond acceptors (Lipinski definition) is 5. The van der Waals surface area contributed by atoms with E-state index < -0.39 is 6.29 Å². The first-order valence-electron chi connectivity index (χ1n) is 8.13. The Hall–Kier alpha value is -1.87. The number of terminal acetylenes is 1. The van der Waals surface area contributed by atoms with Crippen LogP contribution < -0.4 is 0 Å². The topological polar surface area (TPSA) is 54.0 Å². The summed E-state index contributed by atoms with van der Waals surface area (Å²) in [6.45, 7) is 2.73. The van der Waals surface area contributed by atoms with Crippen molar-refractivity contribution in [3.8, 4) is 12.3 Å². The molecule has 5 heteroatoms. The summed E-state index contributed by atoms with van der Waals surface area (Å²) < 4.78 is 22.4. The van der Waals surface area contributed by atoms with Gasteiger partial charge in [-0.05, 0) is 18.6 Å². The highest BCUT2D eigenvalue weighted by Crippen LogP contribution is 2.30. The summed E-state index contributed by atoms with van der Waals surface area (Å²) in [4.78, 5) is 12.0. The van der Waals surface area contributed by atoms with Gasteiger partial charge in [-0.2, -0.15) is 0 Å². The summed E-state index contributed by atoms with van der Waals surface area (Å²) in [5.41, 5.74) is 0.522. The number of unbranched alkanes of at least 4 members (excludes halogenated alkanes) is 1. The van der Waals surface area contributed by atoms with Crippen LogP contribution in [0.4, 0.5) is 0 Å². The highest BCUT2D eigenvalue weighted by atomic mass is 16.7. The van der Waals surface area contributed by atoms with Gasteiger partial charge in [0.05, 0.1) is 5.56 Å². The van der Waals surface area contributed by atoms with E-state index in [0.29, 0.717) is 18.6 Å². The molecule has 0 unspecified atom stereocenters. The van der Waals surface area contributed by atoms with Gasteiger partial charge in [0, 0.05) is 26.1 Å². The fraction of sp³-hybridized carbons (Fsp3) is 0.526. The fourth-order valence-corrected chi connectivity index (χ4v) is 2.65. The summed E-state index contributed by atoms with van der Waals surface area (Å²) in [6, 6.07) is 8.89. The van der Waals surface area contributed by atoms with Crippen LogP contribution in [-0.2, 0) is 18.9 Å². The van der Waals surface area contributed by atoms with Crippen LogP contribution in [0.25, 0.3) is 0 Å². The van der Waals surface area contributed by atoms with Gasteiger partial charge in [0.25, 0.3) is 0 Å². The van der Waals surface area contributed by atoms with Gasteiger partial charge in [0.2, 0.25) is 0 Å². The quantitative estimate of drug-likeness (QED) is 0.416. The maximum Gasteiger partial charge on any atom is 0.338 e. The van der Waals surface area contributed by atoms with Crippen LogP contribution >= 0.6 is 0 Å². The molecule has 0 amide bonds. The molecule has 0 aromatic heterocycles. The average molecular weight is 332 g/mol. The van der Waals surface area contributed by atoms with Crippen LogP contribution in [-0.4, -0.2) is 44.8 Å². The first-order chi connectivity index (χ1) is 11.7. The minimum atomic E-state index is -0.466. The van der Waals surface area contributed by atoms with Crippen LogP contribution in [0.5, 0.6) is 0 Å². The number of carbonyl (C=O) groups excluding carboxylic acids is 1. The molecule has 1 heterocycles. The maximum absolute atomic E-state index is 12.0. The van der Waals surface area contributed by atoms with Crippen molar-refractivity contribution in [1.29, 1.82) is 0 Å². The molecule has 0 saturated carbocycles. The molecule has 0 N–H and O–H groups in total. The van der Waals surface area contributed by atoms with Gasteiger partial charge in [0.1, 0.15) is 18.8 Å².